The summed E-state index contributed by atoms with van der Waals surface area (Å²) in [5.41, 5.74) is 2.42. The van der Waals surface area contributed by atoms with Gasteiger partial charge in [0.1, 0.15) is 0 Å². The van der Waals surface area contributed by atoms with Gasteiger partial charge in [0.15, 0.2) is 0 Å². The van der Waals surface area contributed by atoms with E-state index in [0.717, 1.165) is 19.5 Å². The summed E-state index contributed by atoms with van der Waals surface area (Å²) in [4.78, 5) is 4.22. The van der Waals surface area contributed by atoms with E-state index in [0.29, 0.717) is 0 Å². The van der Waals surface area contributed by atoms with E-state index < -0.39 is 0 Å². The second-order valence-electron chi connectivity index (χ2n) is 3.80. The molecule has 1 N–H and O–H groups in total. The van der Waals surface area contributed by atoms with Gasteiger partial charge in [-0.05, 0) is 25.6 Å². The highest BCUT2D eigenvalue weighted by atomic mass is 15.0. The lowest BCUT2D eigenvalue weighted by Crippen LogP contribution is -2.11. The molecule has 0 saturated carbocycles. The highest BCUT2D eigenvalue weighted by Crippen LogP contribution is 2.18. The first-order valence-electron chi connectivity index (χ1n) is 5.62. The maximum atomic E-state index is 4.22. The highest BCUT2D eigenvalue weighted by Gasteiger charge is 2.03. The maximum absolute atomic E-state index is 4.22. The molecule has 3 nitrogen and oxygen atoms in total. The predicted octanol–water partition coefficient (Wildman–Crippen LogP) is 2.16. The third kappa shape index (κ3) is 2.49. The first-order chi connectivity index (χ1) is 7.92. The molecular weight excluding hydrogens is 198 g/mol. The minimum absolute atomic E-state index is 1.01. The molecule has 1 aromatic carbocycles. The molecule has 2 aromatic rings. The van der Waals surface area contributed by atoms with Crippen LogP contribution >= 0.6 is 0 Å². The van der Waals surface area contributed by atoms with Gasteiger partial charge in [0.2, 0.25) is 0 Å². The van der Waals surface area contributed by atoms with Gasteiger partial charge < -0.3 is 9.88 Å². The zero-order chi connectivity index (χ0) is 11.2. The van der Waals surface area contributed by atoms with Gasteiger partial charge in [0.05, 0.1) is 18.2 Å². The SMILES string of the molecule is CNCCCn1cncc1-c1ccccc1. The second-order valence-corrected chi connectivity index (χ2v) is 3.80. The number of rotatable bonds is 5. The molecule has 0 spiro atoms. The summed E-state index contributed by atoms with van der Waals surface area (Å²) in [6.07, 6.45) is 4.94. The normalized spacial score (nSPS) is 10.6. The van der Waals surface area contributed by atoms with E-state index in [4.69, 9.17) is 0 Å². The summed E-state index contributed by atoms with van der Waals surface area (Å²) in [5, 5.41) is 3.16. The molecule has 0 aliphatic rings. The summed E-state index contributed by atoms with van der Waals surface area (Å²) < 4.78 is 2.20. The van der Waals surface area contributed by atoms with Crippen LogP contribution in [0.5, 0.6) is 0 Å². The van der Waals surface area contributed by atoms with Crippen LogP contribution in [0.2, 0.25) is 0 Å². The van der Waals surface area contributed by atoms with Gasteiger partial charge in [0.25, 0.3) is 0 Å². The molecule has 16 heavy (non-hydrogen) atoms. The molecule has 0 amide bonds. The van der Waals surface area contributed by atoms with Crippen LogP contribution in [0.4, 0.5) is 0 Å². The number of imidazole rings is 1. The van der Waals surface area contributed by atoms with Crippen molar-refractivity contribution in [2.45, 2.75) is 13.0 Å². The van der Waals surface area contributed by atoms with Crippen molar-refractivity contribution < 1.29 is 0 Å². The molecular formula is C13H17N3. The van der Waals surface area contributed by atoms with Gasteiger partial charge in [-0.2, -0.15) is 0 Å². The van der Waals surface area contributed by atoms with Crippen LogP contribution in [-0.4, -0.2) is 23.1 Å². The zero-order valence-electron chi connectivity index (χ0n) is 9.56. The Hall–Kier alpha value is -1.61. The van der Waals surface area contributed by atoms with Crippen LogP contribution in [0.25, 0.3) is 11.3 Å². The van der Waals surface area contributed by atoms with E-state index in [1.807, 2.05) is 25.6 Å². The average Bonchev–Trinajstić information content (AvgIpc) is 2.79. The highest BCUT2D eigenvalue weighted by molar-refractivity contribution is 5.58. The Kier molecular flexibility index (Phi) is 3.72. The van der Waals surface area contributed by atoms with Crippen LogP contribution in [0, 0.1) is 0 Å². The third-order valence-corrected chi connectivity index (χ3v) is 2.61. The molecule has 1 aromatic heterocycles. The van der Waals surface area contributed by atoms with Gasteiger partial charge in [-0.15, -0.1) is 0 Å². The fraction of sp³-hybridized carbons (Fsp3) is 0.308. The van der Waals surface area contributed by atoms with Crippen molar-refractivity contribution in [3.63, 3.8) is 0 Å². The summed E-state index contributed by atoms with van der Waals surface area (Å²) >= 11 is 0. The van der Waals surface area contributed by atoms with E-state index in [-0.39, 0.29) is 0 Å². The Morgan fingerprint density at radius 1 is 1.25 bits per heavy atom. The van der Waals surface area contributed by atoms with Crippen molar-refractivity contribution in [2.24, 2.45) is 0 Å². The molecule has 0 radical (unpaired) electrons. The van der Waals surface area contributed by atoms with E-state index in [1.54, 1.807) is 0 Å². The minimum Gasteiger partial charge on any atom is -0.331 e. The molecule has 0 aliphatic carbocycles. The lowest BCUT2D eigenvalue weighted by atomic mass is 10.2. The van der Waals surface area contributed by atoms with Crippen molar-refractivity contribution in [1.29, 1.82) is 0 Å². The molecule has 0 unspecified atom stereocenters. The number of aromatic nitrogens is 2. The smallest absolute Gasteiger partial charge is 0.0950 e. The molecule has 0 fully saturated rings. The Morgan fingerprint density at radius 2 is 2.06 bits per heavy atom. The lowest BCUT2D eigenvalue weighted by molar-refractivity contribution is 0.616. The van der Waals surface area contributed by atoms with E-state index in [2.05, 4.69) is 39.1 Å². The molecule has 2 rings (SSSR count). The van der Waals surface area contributed by atoms with Gasteiger partial charge in [-0.25, -0.2) is 4.98 Å². The Morgan fingerprint density at radius 3 is 2.81 bits per heavy atom. The first-order valence-corrected chi connectivity index (χ1v) is 5.62. The largest absolute Gasteiger partial charge is 0.331 e. The van der Waals surface area contributed by atoms with E-state index >= 15 is 0 Å². The van der Waals surface area contributed by atoms with E-state index in [1.165, 1.54) is 11.3 Å². The van der Waals surface area contributed by atoms with Crippen LogP contribution < -0.4 is 5.32 Å². The first kappa shape index (κ1) is 10.9. The Balaban J connectivity index is 2.13. The van der Waals surface area contributed by atoms with Gasteiger partial charge in [0, 0.05) is 6.54 Å². The fourth-order valence-corrected chi connectivity index (χ4v) is 1.77. The summed E-state index contributed by atoms with van der Waals surface area (Å²) in [6, 6.07) is 10.4. The van der Waals surface area contributed by atoms with E-state index in [9.17, 15) is 0 Å². The number of benzene rings is 1. The van der Waals surface area contributed by atoms with Crippen LogP contribution in [-0.2, 0) is 6.54 Å². The predicted molar refractivity (Wildman–Crippen MR) is 66.2 cm³/mol. The van der Waals surface area contributed by atoms with Gasteiger partial charge in [-0.3, -0.25) is 0 Å². The van der Waals surface area contributed by atoms with Crippen molar-refractivity contribution in [3.05, 3.63) is 42.9 Å². The molecule has 1 heterocycles. The summed E-state index contributed by atoms with van der Waals surface area (Å²) in [6.45, 7) is 2.04. The summed E-state index contributed by atoms with van der Waals surface area (Å²) in [5.74, 6) is 0. The number of hydrogen-bond acceptors (Lipinski definition) is 2. The quantitative estimate of drug-likeness (QED) is 0.775. The Labute approximate surface area is 96.1 Å². The molecule has 0 atom stereocenters. The van der Waals surface area contributed by atoms with Crippen LogP contribution in [0.1, 0.15) is 6.42 Å². The monoisotopic (exact) mass is 215 g/mol. The average molecular weight is 215 g/mol. The molecule has 84 valence electrons. The second kappa shape index (κ2) is 5.47. The van der Waals surface area contributed by atoms with Gasteiger partial charge in [-0.1, -0.05) is 30.3 Å². The zero-order valence-corrected chi connectivity index (χ0v) is 9.56. The van der Waals surface area contributed by atoms with Crippen molar-refractivity contribution in [1.82, 2.24) is 14.9 Å². The molecule has 0 aliphatic heterocycles. The van der Waals surface area contributed by atoms with Crippen molar-refractivity contribution in [3.8, 4) is 11.3 Å². The number of nitrogens with zero attached hydrogens (tertiary/aromatic N) is 2. The topological polar surface area (TPSA) is 29.9 Å². The van der Waals surface area contributed by atoms with Crippen molar-refractivity contribution in [2.75, 3.05) is 13.6 Å². The van der Waals surface area contributed by atoms with Crippen LogP contribution in [0.3, 0.4) is 0 Å². The van der Waals surface area contributed by atoms with Crippen molar-refractivity contribution >= 4 is 0 Å². The molecule has 0 saturated heterocycles. The Bertz CT molecular complexity index is 420. The molecule has 3 heteroatoms. The van der Waals surface area contributed by atoms with Crippen LogP contribution in [0.15, 0.2) is 42.9 Å². The van der Waals surface area contributed by atoms with Gasteiger partial charge >= 0.3 is 0 Å². The molecule has 0 bridgehead atoms. The fourth-order valence-electron chi connectivity index (χ4n) is 1.77. The third-order valence-electron chi connectivity index (χ3n) is 2.61. The standard InChI is InChI=1S/C13H17N3/c1-14-8-5-9-16-11-15-10-13(16)12-6-3-2-4-7-12/h2-4,6-7,10-11,14H,5,8-9H2,1H3. The number of hydrogen-bond donors (Lipinski definition) is 1. The lowest BCUT2D eigenvalue weighted by Gasteiger charge is -2.07. The minimum atomic E-state index is 1.01. The number of aryl methyl sites for hydroxylation is 1. The maximum Gasteiger partial charge on any atom is 0.0950 e. The number of nitrogens with one attached hydrogen (secondary N) is 1. The summed E-state index contributed by atoms with van der Waals surface area (Å²) in [7, 11) is 1.98.